The Morgan fingerprint density at radius 3 is 2.46 bits per heavy atom. The highest BCUT2D eigenvalue weighted by Gasteiger charge is 2.34. The van der Waals surface area contributed by atoms with Crippen LogP contribution in [0, 0.1) is 18.9 Å². The van der Waals surface area contributed by atoms with Crippen LogP contribution in [0.25, 0.3) is 0 Å². The molecule has 13 heavy (non-hydrogen) atoms. The van der Waals surface area contributed by atoms with Gasteiger partial charge in [0.05, 0.1) is 5.69 Å². The highest BCUT2D eigenvalue weighted by molar-refractivity contribution is 5.16. The van der Waals surface area contributed by atoms with Gasteiger partial charge in [0.25, 0.3) is 0 Å². The molecule has 1 heterocycles. The van der Waals surface area contributed by atoms with Crippen LogP contribution in [0.2, 0.25) is 0 Å². The number of hydrogen-bond acceptors (Lipinski definition) is 1. The van der Waals surface area contributed by atoms with E-state index < -0.39 is 11.9 Å². The summed E-state index contributed by atoms with van der Waals surface area (Å²) in [5.74, 6) is 2.47. The Bertz CT molecular complexity index is 365. The molecule has 0 aliphatic rings. The van der Waals surface area contributed by atoms with Gasteiger partial charge in [-0.05, 0) is 19.9 Å². The summed E-state index contributed by atoms with van der Waals surface area (Å²) < 4.78 is 37.3. The number of aromatic nitrogens is 2. The molecular formula is C8H7F3N2. The van der Waals surface area contributed by atoms with Crippen LogP contribution in [-0.2, 0) is 6.18 Å². The second-order valence-electron chi connectivity index (χ2n) is 2.44. The zero-order valence-electron chi connectivity index (χ0n) is 7.11. The van der Waals surface area contributed by atoms with Crippen molar-refractivity contribution in [2.45, 2.75) is 20.0 Å². The minimum absolute atomic E-state index is 0.377. The van der Waals surface area contributed by atoms with Gasteiger partial charge < -0.3 is 0 Å². The second-order valence-corrected chi connectivity index (χ2v) is 2.44. The van der Waals surface area contributed by atoms with Gasteiger partial charge in [0.1, 0.15) is 0 Å². The number of alkyl halides is 3. The van der Waals surface area contributed by atoms with Gasteiger partial charge in [-0.25, -0.2) is 0 Å². The third-order valence-electron chi connectivity index (χ3n) is 1.40. The van der Waals surface area contributed by atoms with Gasteiger partial charge in [0.2, 0.25) is 0 Å². The Balaban J connectivity index is 3.14. The molecule has 0 bridgehead atoms. The first-order chi connectivity index (χ1) is 5.95. The number of aryl methyl sites for hydroxylation is 1. The maximum absolute atomic E-state index is 12.1. The summed E-state index contributed by atoms with van der Waals surface area (Å²) in [6.07, 6.45) is -4.40. The van der Waals surface area contributed by atoms with Gasteiger partial charge in [0, 0.05) is 6.04 Å². The van der Waals surface area contributed by atoms with Crippen molar-refractivity contribution in [2.75, 3.05) is 0 Å². The van der Waals surface area contributed by atoms with Crippen molar-refractivity contribution in [1.29, 1.82) is 0 Å². The van der Waals surface area contributed by atoms with Crippen molar-refractivity contribution in [2.24, 2.45) is 0 Å². The van der Waals surface area contributed by atoms with E-state index in [-0.39, 0.29) is 0 Å². The van der Waals surface area contributed by atoms with E-state index in [9.17, 15) is 13.2 Å². The van der Waals surface area contributed by atoms with Crippen molar-refractivity contribution < 1.29 is 13.2 Å². The lowest BCUT2D eigenvalue weighted by Crippen LogP contribution is -2.06. The molecule has 0 saturated heterocycles. The zero-order valence-corrected chi connectivity index (χ0v) is 7.11. The van der Waals surface area contributed by atoms with Gasteiger partial charge in [-0.3, -0.25) is 0 Å². The third-order valence-corrected chi connectivity index (χ3v) is 1.40. The van der Waals surface area contributed by atoms with Gasteiger partial charge in [-0.1, -0.05) is 5.92 Å². The summed E-state index contributed by atoms with van der Waals surface area (Å²) >= 11 is 0. The molecule has 0 atom stereocenters. The van der Waals surface area contributed by atoms with Gasteiger partial charge in [0.15, 0.2) is 5.69 Å². The summed E-state index contributed by atoms with van der Waals surface area (Å²) in [4.78, 5) is 0. The smallest absolute Gasteiger partial charge is 0.194 e. The maximum atomic E-state index is 12.1. The van der Waals surface area contributed by atoms with Crippen LogP contribution in [-0.4, -0.2) is 9.78 Å². The quantitative estimate of drug-likeness (QED) is 0.569. The van der Waals surface area contributed by atoms with Gasteiger partial charge in [-0.2, -0.15) is 23.0 Å². The van der Waals surface area contributed by atoms with E-state index in [1.54, 1.807) is 0 Å². The molecule has 0 aromatic carbocycles. The van der Waals surface area contributed by atoms with E-state index in [0.29, 0.717) is 5.69 Å². The van der Waals surface area contributed by atoms with Crippen molar-refractivity contribution in [3.63, 3.8) is 0 Å². The van der Waals surface area contributed by atoms with Crippen LogP contribution in [0.1, 0.15) is 18.3 Å². The minimum atomic E-state index is -4.40. The fraction of sp³-hybridized carbons (Fsp3) is 0.375. The zero-order chi connectivity index (χ0) is 10.1. The molecule has 0 radical (unpaired) electrons. The maximum Gasteiger partial charge on any atom is 0.435 e. The predicted molar refractivity (Wildman–Crippen MR) is 40.8 cm³/mol. The summed E-state index contributed by atoms with van der Waals surface area (Å²) in [5.41, 5.74) is -0.533. The molecule has 5 heteroatoms. The van der Waals surface area contributed by atoms with E-state index in [1.807, 2.05) is 0 Å². The lowest BCUT2D eigenvalue weighted by Gasteiger charge is -1.98. The Labute approximate surface area is 73.4 Å². The largest absolute Gasteiger partial charge is 0.435 e. The SMILES string of the molecule is CC#Cn1nc(C(F)(F)F)cc1C. The van der Waals surface area contributed by atoms with Crippen LogP contribution < -0.4 is 0 Å². The molecule has 0 aliphatic heterocycles. The van der Waals surface area contributed by atoms with Crippen LogP contribution in [0.4, 0.5) is 13.2 Å². The number of rotatable bonds is 0. The molecule has 2 nitrogen and oxygen atoms in total. The third kappa shape index (κ3) is 2.02. The molecule has 1 aromatic rings. The molecule has 0 unspecified atom stereocenters. The Kier molecular flexibility index (Phi) is 2.32. The first-order valence-corrected chi connectivity index (χ1v) is 3.52. The van der Waals surface area contributed by atoms with E-state index in [2.05, 4.69) is 17.1 Å². The van der Waals surface area contributed by atoms with Gasteiger partial charge >= 0.3 is 6.18 Å². The fourth-order valence-corrected chi connectivity index (χ4v) is 0.832. The number of hydrogen-bond donors (Lipinski definition) is 0. The minimum Gasteiger partial charge on any atom is -0.194 e. The molecule has 0 aliphatic carbocycles. The lowest BCUT2D eigenvalue weighted by atomic mass is 10.4. The molecule has 1 aromatic heterocycles. The molecule has 0 fully saturated rings. The molecule has 0 saturated carbocycles. The van der Waals surface area contributed by atoms with Crippen LogP contribution in [0.5, 0.6) is 0 Å². The molecule has 0 N–H and O–H groups in total. The highest BCUT2D eigenvalue weighted by Crippen LogP contribution is 2.28. The summed E-state index contributed by atoms with van der Waals surface area (Å²) in [7, 11) is 0. The Hall–Kier alpha value is -1.44. The monoisotopic (exact) mass is 188 g/mol. The van der Waals surface area contributed by atoms with E-state index in [0.717, 1.165) is 10.7 Å². The number of halogens is 3. The van der Waals surface area contributed by atoms with Crippen LogP contribution in [0.15, 0.2) is 6.07 Å². The normalized spacial score (nSPS) is 10.8. The molecule has 1 rings (SSSR count). The molecule has 70 valence electrons. The van der Waals surface area contributed by atoms with Crippen molar-refractivity contribution in [1.82, 2.24) is 9.78 Å². The average molecular weight is 188 g/mol. The highest BCUT2D eigenvalue weighted by atomic mass is 19.4. The first-order valence-electron chi connectivity index (χ1n) is 3.52. The van der Waals surface area contributed by atoms with Crippen molar-refractivity contribution in [3.8, 4) is 12.0 Å². The lowest BCUT2D eigenvalue weighted by molar-refractivity contribution is -0.141. The van der Waals surface area contributed by atoms with Gasteiger partial charge in [-0.15, -0.1) is 0 Å². The molecule has 0 spiro atoms. The predicted octanol–water partition coefficient (Wildman–Crippen LogP) is 2.04. The fourth-order valence-electron chi connectivity index (χ4n) is 0.832. The first kappa shape index (κ1) is 9.65. The summed E-state index contributed by atoms with van der Waals surface area (Å²) in [6, 6.07) is 3.39. The van der Waals surface area contributed by atoms with Crippen LogP contribution in [0.3, 0.4) is 0 Å². The standard InChI is InChI=1S/C8H7F3N2/c1-3-4-13-6(2)5-7(12-13)8(9,10)11/h5H,1-2H3. The van der Waals surface area contributed by atoms with E-state index >= 15 is 0 Å². The van der Waals surface area contributed by atoms with E-state index in [1.165, 1.54) is 13.8 Å². The van der Waals surface area contributed by atoms with E-state index in [4.69, 9.17) is 0 Å². The average Bonchev–Trinajstić information content (AvgIpc) is 2.32. The van der Waals surface area contributed by atoms with Crippen LogP contribution >= 0.6 is 0 Å². The number of nitrogens with zero attached hydrogens (tertiary/aromatic N) is 2. The second kappa shape index (κ2) is 3.13. The Morgan fingerprint density at radius 2 is 2.08 bits per heavy atom. The summed E-state index contributed by atoms with van der Waals surface area (Å²) in [6.45, 7) is 3.06. The Morgan fingerprint density at radius 1 is 1.46 bits per heavy atom. The summed E-state index contributed by atoms with van der Waals surface area (Å²) in [5, 5.41) is 3.29. The van der Waals surface area contributed by atoms with Crippen molar-refractivity contribution >= 4 is 0 Å². The van der Waals surface area contributed by atoms with Crippen molar-refractivity contribution in [3.05, 3.63) is 17.5 Å². The molecular weight excluding hydrogens is 181 g/mol. The topological polar surface area (TPSA) is 17.8 Å². The molecule has 0 amide bonds.